The molecule has 1 unspecified atom stereocenters. The number of carbonyl (C=O) groups is 1. The van der Waals surface area contributed by atoms with Gasteiger partial charge in [-0.05, 0) is 81.1 Å². The van der Waals surface area contributed by atoms with Crippen LogP contribution in [0.2, 0.25) is 0 Å². The van der Waals surface area contributed by atoms with E-state index in [0.29, 0.717) is 17.9 Å². The van der Waals surface area contributed by atoms with Crippen LogP contribution in [-0.2, 0) is 24.4 Å². The fraction of sp³-hybridized carbons (Fsp3) is 0.547. The lowest BCUT2D eigenvalue weighted by molar-refractivity contribution is -0.116. The maximum atomic E-state index is 13.8. The Bertz CT molecular complexity index is 2130. The number of carbonyl (C=O) groups excluding carboxylic acids is 1. The molecule has 13 nitrogen and oxygen atoms in total. The number of nitriles is 1. The minimum Gasteiger partial charge on any atom is -0.497 e. The zero-order chi connectivity index (χ0) is 48.2. The van der Waals surface area contributed by atoms with Gasteiger partial charge in [0.25, 0.3) is 0 Å². The van der Waals surface area contributed by atoms with Crippen LogP contribution < -0.4 is 20.5 Å². The summed E-state index contributed by atoms with van der Waals surface area (Å²) in [5, 5.41) is 12.5. The minimum atomic E-state index is -3.43. The topological polar surface area (TPSA) is 157 Å². The molecule has 1 amide bonds. The Balaban J connectivity index is 1.41. The van der Waals surface area contributed by atoms with E-state index < -0.39 is 37.6 Å². The first-order valence-corrected chi connectivity index (χ1v) is 26.2. The number of unbranched alkanes of at least 4 members (excludes halogenated alkanes) is 10. The van der Waals surface area contributed by atoms with E-state index in [4.69, 9.17) is 23.5 Å². The maximum Gasteiger partial charge on any atom is 0.351 e. The van der Waals surface area contributed by atoms with Crippen molar-refractivity contribution in [3.8, 4) is 17.6 Å². The number of nitrogens with zero attached hydrogens (tertiary/aromatic N) is 4. The highest BCUT2D eigenvalue weighted by Crippen LogP contribution is 2.63. The third-order valence-electron chi connectivity index (χ3n) is 12.5. The van der Waals surface area contributed by atoms with Crippen molar-refractivity contribution < 1.29 is 33.2 Å². The lowest BCUT2D eigenvalue weighted by Gasteiger charge is -2.38. The van der Waals surface area contributed by atoms with Gasteiger partial charge in [0, 0.05) is 31.1 Å². The fourth-order valence-electron chi connectivity index (χ4n) is 9.22. The second-order valence-corrected chi connectivity index (χ2v) is 20.5. The molecule has 0 saturated carbocycles. The van der Waals surface area contributed by atoms with Gasteiger partial charge in [0.15, 0.2) is 0 Å². The van der Waals surface area contributed by atoms with Gasteiger partial charge in [0.05, 0.1) is 33.3 Å². The van der Waals surface area contributed by atoms with E-state index in [9.17, 15) is 19.7 Å². The highest BCUT2D eigenvalue weighted by molar-refractivity contribution is 7.63. The summed E-state index contributed by atoms with van der Waals surface area (Å²) in [6.07, 6.45) is 13.0. The Morgan fingerprint density at radius 2 is 1.39 bits per heavy atom. The van der Waals surface area contributed by atoms with Gasteiger partial charge in [-0.25, -0.2) is 9.69 Å². The van der Waals surface area contributed by atoms with Crippen LogP contribution >= 0.6 is 7.87 Å². The maximum absolute atomic E-state index is 13.8. The largest absolute Gasteiger partial charge is 0.497 e. The van der Waals surface area contributed by atoms with Crippen LogP contribution in [0.3, 0.4) is 0 Å². The minimum absolute atomic E-state index is 0.0366. The van der Waals surface area contributed by atoms with E-state index in [0.717, 1.165) is 36.0 Å². The zero-order valence-corrected chi connectivity index (χ0v) is 41.8. The first kappa shape index (κ1) is 53.3. The van der Waals surface area contributed by atoms with Crippen LogP contribution in [0.1, 0.15) is 147 Å². The number of hydrogen-bond acceptors (Lipinski definition) is 11. The van der Waals surface area contributed by atoms with Gasteiger partial charge >= 0.3 is 13.6 Å². The average molecular weight is 941 g/mol. The van der Waals surface area contributed by atoms with Gasteiger partial charge in [-0.1, -0.05) is 126 Å². The van der Waals surface area contributed by atoms with E-state index in [1.54, 1.807) is 26.5 Å². The second-order valence-electron chi connectivity index (χ2n) is 18.0. The normalized spacial score (nSPS) is 17.1. The summed E-state index contributed by atoms with van der Waals surface area (Å²) < 4.78 is 35.4. The van der Waals surface area contributed by atoms with Crippen molar-refractivity contribution in [1.82, 2.24) is 14.2 Å². The van der Waals surface area contributed by atoms with Crippen molar-refractivity contribution in [3.63, 3.8) is 0 Å². The van der Waals surface area contributed by atoms with Gasteiger partial charge in [0.2, 0.25) is 5.91 Å². The molecule has 364 valence electrons. The van der Waals surface area contributed by atoms with Crippen molar-refractivity contribution in [3.05, 3.63) is 118 Å². The molecule has 0 bridgehead atoms. The standard InChI is InChI=1S/C53H74N5O8P/c1-8-9-10-11-12-13-14-15-16-17-21-25-50(59)55-49-34-36-57(52(60)56-49)51-38-47(66-67(61,37-22-35-54)58(40(2)3)41(4)5)48(65-51)39-64-53(42-23-19-18-20-24-42,43-26-30-45(62-6)31-27-43)44-28-32-46(63-7)33-29-44/h18-20,23-24,26-34,36,40-41,47-48,51,61H,8-17,21-22,25,37-39H2,1-7H3/p+1/t47-,48+,51+,67?/m0/s1. The smallest absolute Gasteiger partial charge is 0.351 e. The van der Waals surface area contributed by atoms with E-state index in [2.05, 4.69) is 23.3 Å². The quantitative estimate of drug-likeness (QED) is 0.0303. The Kier molecular flexibility index (Phi) is 21.3. The molecule has 1 aliphatic rings. The summed E-state index contributed by atoms with van der Waals surface area (Å²) in [7, 11) is -0.186. The van der Waals surface area contributed by atoms with Crippen LogP contribution in [0.15, 0.2) is 95.9 Å². The van der Waals surface area contributed by atoms with Gasteiger partial charge < -0.3 is 24.3 Å². The molecule has 0 spiro atoms. The van der Waals surface area contributed by atoms with E-state index >= 15 is 0 Å². The number of rotatable bonds is 29. The summed E-state index contributed by atoms with van der Waals surface area (Å²) in [4.78, 5) is 43.6. The molecule has 14 heteroatoms. The molecule has 67 heavy (non-hydrogen) atoms. The van der Waals surface area contributed by atoms with Crippen molar-refractivity contribution in [2.75, 3.05) is 32.3 Å². The lowest BCUT2D eigenvalue weighted by Crippen LogP contribution is -2.42. The molecule has 1 aromatic heterocycles. The van der Waals surface area contributed by atoms with Crippen molar-refractivity contribution >= 4 is 19.6 Å². The monoisotopic (exact) mass is 941 g/mol. The summed E-state index contributed by atoms with van der Waals surface area (Å²) in [5.41, 5.74) is 0.700. The summed E-state index contributed by atoms with van der Waals surface area (Å²) >= 11 is 0. The number of nitrogens with one attached hydrogen (secondary N) is 1. The Labute approximate surface area is 399 Å². The molecular weight excluding hydrogens is 866 g/mol. The number of hydrogen-bond donors (Lipinski definition) is 2. The Morgan fingerprint density at radius 1 is 0.851 bits per heavy atom. The molecule has 1 saturated heterocycles. The SMILES string of the molecule is CCCCCCCCCCCCCC(=O)Nc1ccn([C@H]2C[C@H](O[P+](O)(CCC#N)N(C(C)C)C(C)C)[C@@H](COC(c3ccccc3)(c3ccc(OC)cc3)c3ccc(OC)cc3)O2)c(=O)n1. The predicted molar refractivity (Wildman–Crippen MR) is 266 cm³/mol. The predicted octanol–water partition coefficient (Wildman–Crippen LogP) is 11.4. The number of aromatic nitrogens is 2. The zero-order valence-electron chi connectivity index (χ0n) is 40.9. The Hall–Kier alpha value is -4.67. The fourth-order valence-corrected chi connectivity index (χ4v) is 12.2. The number of methoxy groups -OCH3 is 2. The van der Waals surface area contributed by atoms with Gasteiger partial charge in [-0.15, -0.1) is 4.67 Å². The van der Waals surface area contributed by atoms with Gasteiger partial charge in [-0.3, -0.25) is 9.36 Å². The molecule has 2 N–H and O–H groups in total. The van der Waals surface area contributed by atoms with Gasteiger partial charge in [0.1, 0.15) is 47.5 Å². The first-order valence-electron chi connectivity index (χ1n) is 24.4. The van der Waals surface area contributed by atoms with E-state index in [1.807, 2.05) is 111 Å². The van der Waals surface area contributed by atoms with Crippen LogP contribution in [0.4, 0.5) is 5.82 Å². The Morgan fingerprint density at radius 3 is 1.90 bits per heavy atom. The van der Waals surface area contributed by atoms with E-state index in [1.165, 1.54) is 55.9 Å². The number of anilines is 1. The molecule has 1 aliphatic heterocycles. The highest BCUT2D eigenvalue weighted by Gasteiger charge is 2.54. The molecule has 4 atom stereocenters. The van der Waals surface area contributed by atoms with Crippen molar-refractivity contribution in [1.29, 1.82) is 5.26 Å². The molecule has 3 aromatic carbocycles. The number of benzene rings is 3. The van der Waals surface area contributed by atoms with Crippen LogP contribution in [0, 0.1) is 11.3 Å². The molecule has 5 rings (SSSR count). The molecule has 4 aromatic rings. The molecular formula is C53H75N5O8P+. The molecule has 0 aliphatic carbocycles. The third kappa shape index (κ3) is 14.7. The number of amides is 1. The third-order valence-corrected chi connectivity index (χ3v) is 15.5. The summed E-state index contributed by atoms with van der Waals surface area (Å²) in [5.74, 6) is 1.36. The van der Waals surface area contributed by atoms with Gasteiger partial charge in [-0.2, -0.15) is 14.8 Å². The average Bonchev–Trinajstić information content (AvgIpc) is 3.71. The molecule has 2 heterocycles. The lowest BCUT2D eigenvalue weighted by atomic mass is 9.80. The highest BCUT2D eigenvalue weighted by atomic mass is 31.2. The second kappa shape index (κ2) is 26.8. The van der Waals surface area contributed by atoms with Crippen molar-refractivity contribution in [2.45, 2.75) is 161 Å². The van der Waals surface area contributed by atoms with Crippen molar-refractivity contribution in [2.24, 2.45) is 0 Å². The molecule has 0 radical (unpaired) electrons. The number of ether oxygens (including phenoxy) is 4. The summed E-state index contributed by atoms with van der Waals surface area (Å²) in [6, 6.07) is 29.0. The summed E-state index contributed by atoms with van der Waals surface area (Å²) in [6.45, 7) is 10.2. The van der Waals surface area contributed by atoms with Crippen LogP contribution in [0.25, 0.3) is 0 Å². The molecule has 1 fully saturated rings. The first-order chi connectivity index (χ1) is 32.4. The van der Waals surface area contributed by atoms with Crippen LogP contribution in [-0.4, -0.2) is 76.3 Å². The van der Waals surface area contributed by atoms with Crippen LogP contribution in [0.5, 0.6) is 11.5 Å². The van der Waals surface area contributed by atoms with E-state index in [-0.39, 0.29) is 49.4 Å².